The van der Waals surface area contributed by atoms with Gasteiger partial charge >= 0.3 is 5.69 Å². The second-order valence-electron chi connectivity index (χ2n) is 4.69. The van der Waals surface area contributed by atoms with Gasteiger partial charge < -0.3 is 4.90 Å². The zero-order chi connectivity index (χ0) is 15.1. The molecule has 0 fully saturated rings. The molecule has 2 aromatic heterocycles. The highest BCUT2D eigenvalue weighted by Gasteiger charge is 2.26. The van der Waals surface area contributed by atoms with Gasteiger partial charge in [-0.2, -0.15) is 5.10 Å². The number of aromatic nitrogens is 4. The minimum atomic E-state index is -0.224. The lowest BCUT2D eigenvalue weighted by molar-refractivity contribution is 0.0706. The Kier molecular flexibility index (Phi) is 3.58. The molecule has 0 saturated heterocycles. The first-order chi connectivity index (χ1) is 9.97. The molecule has 0 N–H and O–H groups in total. The van der Waals surface area contributed by atoms with Crippen LogP contribution < -0.4 is 5.69 Å². The third-order valence-electron chi connectivity index (χ3n) is 3.33. The summed E-state index contributed by atoms with van der Waals surface area (Å²) < 4.78 is 3.53. The number of pyridine rings is 1. The topological polar surface area (TPSA) is 73.0 Å². The Bertz CT molecular complexity index is 784. The highest BCUT2D eigenvalue weighted by molar-refractivity contribution is 9.10. The zero-order valence-corrected chi connectivity index (χ0v) is 13.4. The van der Waals surface area contributed by atoms with E-state index in [-0.39, 0.29) is 23.3 Å². The molecule has 3 rings (SSSR count). The van der Waals surface area contributed by atoms with Crippen molar-refractivity contribution in [2.45, 2.75) is 13.1 Å². The van der Waals surface area contributed by atoms with Gasteiger partial charge in [0, 0.05) is 30.8 Å². The maximum Gasteiger partial charge on any atom is 0.345 e. The molecule has 0 aromatic carbocycles. The number of carbonyl (C=O) groups is 1. The monoisotopic (exact) mass is 371 g/mol. The molecule has 0 unspecified atom stereocenters. The van der Waals surface area contributed by atoms with Crippen molar-refractivity contribution in [1.82, 2.24) is 24.2 Å². The van der Waals surface area contributed by atoms with Gasteiger partial charge in [-0.05, 0) is 22.0 Å². The van der Waals surface area contributed by atoms with Crippen molar-refractivity contribution in [3.63, 3.8) is 0 Å². The van der Waals surface area contributed by atoms with Crippen molar-refractivity contribution in [2.24, 2.45) is 7.05 Å². The molecule has 2 aromatic rings. The maximum absolute atomic E-state index is 12.5. The summed E-state index contributed by atoms with van der Waals surface area (Å²) in [5.74, 6) is 0.347. The van der Waals surface area contributed by atoms with Crippen molar-refractivity contribution < 1.29 is 4.79 Å². The quantitative estimate of drug-likeness (QED) is 0.701. The van der Waals surface area contributed by atoms with E-state index in [1.165, 1.54) is 10.9 Å². The van der Waals surface area contributed by atoms with Crippen LogP contribution in [0.15, 0.2) is 21.5 Å². The highest BCUT2D eigenvalue weighted by Crippen LogP contribution is 2.21. The number of nitrogens with zero attached hydrogens (tertiary/aromatic N) is 5. The lowest BCUT2D eigenvalue weighted by Crippen LogP contribution is -2.41. The van der Waals surface area contributed by atoms with Crippen molar-refractivity contribution in [3.05, 3.63) is 43.8 Å². The van der Waals surface area contributed by atoms with E-state index in [4.69, 9.17) is 11.6 Å². The second kappa shape index (κ2) is 5.27. The van der Waals surface area contributed by atoms with Crippen LogP contribution >= 0.6 is 27.5 Å². The Morgan fingerprint density at radius 1 is 1.43 bits per heavy atom. The van der Waals surface area contributed by atoms with Gasteiger partial charge in [0.1, 0.15) is 5.15 Å². The molecule has 0 spiro atoms. The Labute approximate surface area is 133 Å². The number of carbonyl (C=O) groups excluding carboxylic acids is 1. The van der Waals surface area contributed by atoms with Crippen molar-refractivity contribution in [2.75, 3.05) is 6.54 Å². The molecule has 7 nitrogen and oxygen atoms in total. The van der Waals surface area contributed by atoms with Gasteiger partial charge in [-0.3, -0.25) is 9.36 Å². The zero-order valence-electron chi connectivity index (χ0n) is 11.1. The minimum absolute atomic E-state index is 0.159. The predicted molar refractivity (Wildman–Crippen MR) is 79.2 cm³/mol. The maximum atomic E-state index is 12.5. The molecule has 3 heterocycles. The Morgan fingerprint density at radius 2 is 2.19 bits per heavy atom. The molecule has 0 aliphatic carbocycles. The van der Waals surface area contributed by atoms with Gasteiger partial charge in [0.05, 0.1) is 12.1 Å². The number of fused-ring (bicyclic) bond motifs is 1. The fraction of sp³-hybridized carbons (Fsp3) is 0.333. The van der Waals surface area contributed by atoms with Crippen LogP contribution in [0.3, 0.4) is 0 Å². The van der Waals surface area contributed by atoms with Crippen molar-refractivity contribution in [3.8, 4) is 0 Å². The molecule has 110 valence electrons. The average molecular weight is 373 g/mol. The Morgan fingerprint density at radius 3 is 2.95 bits per heavy atom. The highest BCUT2D eigenvalue weighted by atomic mass is 79.9. The first kappa shape index (κ1) is 14.3. The standard InChI is InChI=1S/C12H11BrClN5O2/c1-17-12(21)19-3-2-18(6-9(19)16-17)11(20)8-4-7(13)5-15-10(8)14/h4-5H,2-3,6H2,1H3. The molecule has 1 aliphatic rings. The van der Waals surface area contributed by atoms with Crippen LogP contribution in [0.1, 0.15) is 16.2 Å². The van der Waals surface area contributed by atoms with Crippen LogP contribution in [-0.2, 0) is 20.1 Å². The van der Waals surface area contributed by atoms with Crippen LogP contribution in [0, 0.1) is 0 Å². The van der Waals surface area contributed by atoms with E-state index in [2.05, 4.69) is 26.0 Å². The van der Waals surface area contributed by atoms with Gasteiger partial charge in [-0.1, -0.05) is 11.6 Å². The van der Waals surface area contributed by atoms with Gasteiger partial charge in [0.25, 0.3) is 5.91 Å². The van der Waals surface area contributed by atoms with E-state index in [1.807, 2.05) is 0 Å². The van der Waals surface area contributed by atoms with Crippen LogP contribution in [0.4, 0.5) is 0 Å². The van der Waals surface area contributed by atoms with E-state index in [0.29, 0.717) is 29.0 Å². The first-order valence-electron chi connectivity index (χ1n) is 6.20. The van der Waals surface area contributed by atoms with Gasteiger partial charge in [-0.15, -0.1) is 0 Å². The summed E-state index contributed by atoms with van der Waals surface area (Å²) in [6, 6.07) is 1.64. The number of rotatable bonds is 1. The second-order valence-corrected chi connectivity index (χ2v) is 5.97. The number of amides is 1. The Hall–Kier alpha value is -1.67. The van der Waals surface area contributed by atoms with Crippen LogP contribution in [0.2, 0.25) is 5.15 Å². The molecule has 1 amide bonds. The van der Waals surface area contributed by atoms with Gasteiger partial charge in [0.15, 0.2) is 5.82 Å². The van der Waals surface area contributed by atoms with Crippen LogP contribution in [0.25, 0.3) is 0 Å². The molecule has 0 saturated carbocycles. The third-order valence-corrected chi connectivity index (χ3v) is 4.07. The summed E-state index contributed by atoms with van der Waals surface area (Å²) in [4.78, 5) is 29.9. The first-order valence-corrected chi connectivity index (χ1v) is 7.37. The molecule has 0 atom stereocenters. The fourth-order valence-electron chi connectivity index (χ4n) is 2.28. The number of halogens is 2. The molecule has 21 heavy (non-hydrogen) atoms. The van der Waals surface area contributed by atoms with E-state index in [1.54, 1.807) is 22.6 Å². The molecule has 0 radical (unpaired) electrons. The number of aryl methyl sites for hydroxylation is 1. The fourth-order valence-corrected chi connectivity index (χ4v) is 2.80. The lowest BCUT2D eigenvalue weighted by Gasteiger charge is -2.26. The largest absolute Gasteiger partial charge is 0.345 e. The van der Waals surface area contributed by atoms with E-state index < -0.39 is 0 Å². The predicted octanol–water partition coefficient (Wildman–Crippen LogP) is 1.05. The number of hydrogen-bond donors (Lipinski definition) is 0. The summed E-state index contributed by atoms with van der Waals surface area (Å²) in [6.45, 7) is 1.13. The van der Waals surface area contributed by atoms with Gasteiger partial charge in [0.2, 0.25) is 0 Å². The van der Waals surface area contributed by atoms with Crippen LogP contribution in [-0.4, -0.2) is 36.7 Å². The number of hydrogen-bond acceptors (Lipinski definition) is 4. The lowest BCUT2D eigenvalue weighted by atomic mass is 10.2. The normalized spacial score (nSPS) is 14.1. The van der Waals surface area contributed by atoms with Crippen molar-refractivity contribution >= 4 is 33.4 Å². The molecule has 0 bridgehead atoms. The summed E-state index contributed by atoms with van der Waals surface area (Å²) in [6.07, 6.45) is 1.53. The summed E-state index contributed by atoms with van der Waals surface area (Å²) >= 11 is 9.26. The summed E-state index contributed by atoms with van der Waals surface area (Å²) in [5, 5.41) is 4.29. The summed E-state index contributed by atoms with van der Waals surface area (Å²) in [5.41, 5.74) is 0.164. The SMILES string of the molecule is Cn1nc2n(c1=O)CCN(C(=O)c1cc(Br)cnc1Cl)C2. The average Bonchev–Trinajstić information content (AvgIpc) is 2.75. The van der Waals surface area contributed by atoms with E-state index in [9.17, 15) is 9.59 Å². The molecule has 9 heteroatoms. The molecule has 1 aliphatic heterocycles. The third kappa shape index (κ3) is 2.49. The van der Waals surface area contributed by atoms with E-state index >= 15 is 0 Å². The smallest absolute Gasteiger partial charge is 0.329 e. The Balaban J connectivity index is 1.90. The van der Waals surface area contributed by atoms with Gasteiger partial charge in [-0.25, -0.2) is 14.5 Å². The molecular formula is C12H11BrClN5O2. The minimum Gasteiger partial charge on any atom is -0.329 e. The van der Waals surface area contributed by atoms with Crippen molar-refractivity contribution in [1.29, 1.82) is 0 Å². The summed E-state index contributed by atoms with van der Waals surface area (Å²) in [7, 11) is 1.59. The molecular weight excluding hydrogens is 362 g/mol. The van der Waals surface area contributed by atoms with E-state index in [0.717, 1.165) is 0 Å². The van der Waals surface area contributed by atoms with Crippen LogP contribution in [0.5, 0.6) is 0 Å².